The Labute approximate surface area is 78.1 Å². The predicted molar refractivity (Wildman–Crippen MR) is 51.6 cm³/mol. The highest BCUT2D eigenvalue weighted by molar-refractivity contribution is 7.13. The van der Waals surface area contributed by atoms with E-state index in [-0.39, 0.29) is 0 Å². The van der Waals surface area contributed by atoms with Gasteiger partial charge in [0.2, 0.25) is 5.13 Å². The van der Waals surface area contributed by atoms with Crippen LogP contribution in [0.3, 0.4) is 0 Å². The van der Waals surface area contributed by atoms with Crippen LogP contribution in [0.15, 0.2) is 22.3 Å². The molecule has 2 aromatic heterocycles. The number of hydrogen-bond donors (Lipinski definition) is 1. The van der Waals surface area contributed by atoms with E-state index < -0.39 is 0 Å². The van der Waals surface area contributed by atoms with E-state index in [1.54, 1.807) is 16.8 Å². The number of nitrogens with zero attached hydrogens (tertiary/aromatic N) is 2. The highest BCUT2D eigenvalue weighted by Gasteiger charge is 1.95. The van der Waals surface area contributed by atoms with Crippen molar-refractivity contribution in [1.29, 1.82) is 0 Å². The second kappa shape index (κ2) is 3.64. The number of hydrogen-bond acceptors (Lipinski definition) is 5. The van der Waals surface area contributed by atoms with Gasteiger partial charge in [0, 0.05) is 6.54 Å². The molecule has 1 N–H and O–H groups in total. The lowest BCUT2D eigenvalue weighted by atomic mass is 10.3. The molecule has 0 radical (unpaired) electrons. The summed E-state index contributed by atoms with van der Waals surface area (Å²) in [5, 5.41) is 15.8. The number of aromatic nitrogens is 2. The maximum absolute atomic E-state index is 3.88. The summed E-state index contributed by atoms with van der Waals surface area (Å²) in [5.74, 6) is 0. The molecule has 0 unspecified atom stereocenters. The van der Waals surface area contributed by atoms with Crippen molar-refractivity contribution in [2.75, 3.05) is 5.32 Å². The Kier molecular flexibility index (Phi) is 2.33. The van der Waals surface area contributed by atoms with E-state index in [0.717, 1.165) is 11.7 Å². The van der Waals surface area contributed by atoms with Crippen molar-refractivity contribution < 1.29 is 0 Å². The second-order valence-corrected chi connectivity index (χ2v) is 3.84. The van der Waals surface area contributed by atoms with Gasteiger partial charge in [-0.15, -0.1) is 10.2 Å². The average Bonchev–Trinajstić information content (AvgIpc) is 2.74. The fourth-order valence-corrected chi connectivity index (χ4v) is 1.93. The minimum atomic E-state index is 0.832. The number of anilines is 1. The smallest absolute Gasteiger partial charge is 0.205 e. The van der Waals surface area contributed by atoms with E-state index in [0.29, 0.717) is 0 Å². The summed E-state index contributed by atoms with van der Waals surface area (Å²) in [6.45, 7) is 0.832. The Hall–Kier alpha value is -0.940. The van der Waals surface area contributed by atoms with Gasteiger partial charge < -0.3 is 5.32 Å². The number of thiophene rings is 1. The van der Waals surface area contributed by atoms with Crippen LogP contribution in [0.25, 0.3) is 0 Å². The predicted octanol–water partition coefficient (Wildman–Crippen LogP) is 2.21. The lowest BCUT2D eigenvalue weighted by Crippen LogP contribution is -1.96. The van der Waals surface area contributed by atoms with Crippen molar-refractivity contribution in [2.45, 2.75) is 6.54 Å². The molecule has 2 rings (SSSR count). The summed E-state index contributed by atoms with van der Waals surface area (Å²) in [4.78, 5) is 0. The first-order chi connectivity index (χ1) is 5.95. The monoisotopic (exact) mass is 197 g/mol. The molecule has 12 heavy (non-hydrogen) atoms. The fraction of sp³-hybridized carbons (Fsp3) is 0.143. The molecular weight excluding hydrogens is 190 g/mol. The topological polar surface area (TPSA) is 37.8 Å². The molecule has 0 aliphatic rings. The lowest BCUT2D eigenvalue weighted by Gasteiger charge is -1.97. The van der Waals surface area contributed by atoms with Crippen LogP contribution in [0, 0.1) is 0 Å². The van der Waals surface area contributed by atoms with E-state index in [1.165, 1.54) is 16.9 Å². The van der Waals surface area contributed by atoms with Gasteiger partial charge in [0.1, 0.15) is 5.51 Å². The molecule has 0 aliphatic heterocycles. The van der Waals surface area contributed by atoms with Gasteiger partial charge in [0.25, 0.3) is 0 Å². The van der Waals surface area contributed by atoms with Gasteiger partial charge in [-0.1, -0.05) is 11.3 Å². The zero-order valence-electron chi connectivity index (χ0n) is 6.23. The normalized spacial score (nSPS) is 10.0. The highest BCUT2D eigenvalue weighted by atomic mass is 32.1. The van der Waals surface area contributed by atoms with E-state index in [4.69, 9.17) is 0 Å². The molecule has 0 spiro atoms. The van der Waals surface area contributed by atoms with Crippen LogP contribution in [0.5, 0.6) is 0 Å². The summed E-state index contributed by atoms with van der Waals surface area (Å²) in [6, 6.07) is 2.10. The lowest BCUT2D eigenvalue weighted by molar-refractivity contribution is 1.05. The summed E-state index contributed by atoms with van der Waals surface area (Å²) < 4.78 is 0. The molecule has 0 amide bonds. The Morgan fingerprint density at radius 2 is 2.50 bits per heavy atom. The van der Waals surface area contributed by atoms with Gasteiger partial charge in [0.05, 0.1) is 0 Å². The van der Waals surface area contributed by atoms with Gasteiger partial charge in [-0.25, -0.2) is 0 Å². The van der Waals surface area contributed by atoms with Crippen molar-refractivity contribution in [1.82, 2.24) is 10.2 Å². The first-order valence-corrected chi connectivity index (χ1v) is 5.28. The standard InChI is InChI=1S/C7H7N3S2/c1-2-11-4-6(1)3-8-7-10-9-5-12-7/h1-2,4-5H,3H2,(H,8,10). The van der Waals surface area contributed by atoms with Gasteiger partial charge in [-0.05, 0) is 22.4 Å². The molecule has 0 aliphatic carbocycles. The van der Waals surface area contributed by atoms with Crippen molar-refractivity contribution in [3.63, 3.8) is 0 Å². The largest absolute Gasteiger partial charge is 0.356 e. The second-order valence-electron chi connectivity index (χ2n) is 2.23. The molecule has 62 valence electrons. The molecule has 0 saturated carbocycles. The molecule has 0 atom stereocenters. The first-order valence-electron chi connectivity index (χ1n) is 3.46. The Morgan fingerprint density at radius 3 is 3.17 bits per heavy atom. The van der Waals surface area contributed by atoms with E-state index in [1.807, 2.05) is 0 Å². The fourth-order valence-electron chi connectivity index (χ4n) is 0.821. The molecule has 0 fully saturated rings. The zero-order valence-corrected chi connectivity index (χ0v) is 7.86. The van der Waals surface area contributed by atoms with Crippen molar-refractivity contribution in [2.24, 2.45) is 0 Å². The van der Waals surface area contributed by atoms with Crippen LogP contribution in [-0.2, 0) is 6.54 Å². The van der Waals surface area contributed by atoms with Crippen LogP contribution in [0.1, 0.15) is 5.56 Å². The van der Waals surface area contributed by atoms with Crippen LogP contribution in [0.4, 0.5) is 5.13 Å². The molecular formula is C7H7N3S2. The van der Waals surface area contributed by atoms with Crippen molar-refractivity contribution in [3.05, 3.63) is 27.9 Å². The van der Waals surface area contributed by atoms with Crippen LogP contribution < -0.4 is 5.32 Å². The summed E-state index contributed by atoms with van der Waals surface area (Å²) >= 11 is 3.22. The molecule has 0 aromatic carbocycles. The van der Waals surface area contributed by atoms with E-state index in [2.05, 4.69) is 32.3 Å². The third-order valence-electron chi connectivity index (χ3n) is 1.38. The van der Waals surface area contributed by atoms with Gasteiger partial charge >= 0.3 is 0 Å². The van der Waals surface area contributed by atoms with Crippen molar-refractivity contribution in [3.8, 4) is 0 Å². The molecule has 2 heterocycles. The molecule has 0 saturated heterocycles. The van der Waals surface area contributed by atoms with E-state index in [9.17, 15) is 0 Å². The number of nitrogens with one attached hydrogen (secondary N) is 1. The Bertz CT molecular complexity index is 280. The first kappa shape index (κ1) is 7.70. The third-order valence-corrected chi connectivity index (χ3v) is 2.76. The van der Waals surface area contributed by atoms with Crippen molar-refractivity contribution >= 4 is 27.8 Å². The van der Waals surface area contributed by atoms with E-state index >= 15 is 0 Å². The van der Waals surface area contributed by atoms with Gasteiger partial charge in [-0.3, -0.25) is 0 Å². The van der Waals surface area contributed by atoms with Gasteiger partial charge in [-0.2, -0.15) is 11.3 Å². The quantitative estimate of drug-likeness (QED) is 0.819. The minimum absolute atomic E-state index is 0.832. The SMILES string of the molecule is c1cc(CNc2nncs2)cs1. The number of rotatable bonds is 3. The maximum Gasteiger partial charge on any atom is 0.205 e. The summed E-state index contributed by atoms with van der Waals surface area (Å²) in [5.41, 5.74) is 3.01. The van der Waals surface area contributed by atoms with Crippen LogP contribution in [0.2, 0.25) is 0 Å². The maximum atomic E-state index is 3.88. The van der Waals surface area contributed by atoms with Crippen LogP contribution >= 0.6 is 22.7 Å². The Morgan fingerprint density at radius 1 is 1.50 bits per heavy atom. The third kappa shape index (κ3) is 1.80. The van der Waals surface area contributed by atoms with Crippen LogP contribution in [-0.4, -0.2) is 10.2 Å². The zero-order chi connectivity index (χ0) is 8.23. The summed E-state index contributed by atoms with van der Waals surface area (Å²) in [7, 11) is 0. The minimum Gasteiger partial charge on any atom is -0.356 e. The molecule has 0 bridgehead atoms. The molecule has 5 heteroatoms. The average molecular weight is 197 g/mol. The van der Waals surface area contributed by atoms with Gasteiger partial charge in [0.15, 0.2) is 0 Å². The highest BCUT2D eigenvalue weighted by Crippen LogP contribution is 2.11. The summed E-state index contributed by atoms with van der Waals surface area (Å²) in [6.07, 6.45) is 0. The molecule has 3 nitrogen and oxygen atoms in total. The Balaban J connectivity index is 1.91. The molecule has 2 aromatic rings.